The lowest BCUT2D eigenvalue weighted by atomic mass is 10.1. The van der Waals surface area contributed by atoms with Gasteiger partial charge in [-0.1, -0.05) is 18.1 Å². The van der Waals surface area contributed by atoms with Crippen LogP contribution in [-0.4, -0.2) is 24.6 Å². The standard InChI is InChI=1S/C22H21F3N2O3S/c1-5-18-19-12-11-17(30-22(23,24)25)13-20(19)27(6-2)21(18)15-7-9-16(10-8-15)26-31(28,29)14(3)4/h1,7-14,26H,6H2,2-4H3. The quantitative estimate of drug-likeness (QED) is 0.515. The minimum Gasteiger partial charge on any atom is -0.406 e. The normalized spacial score (nSPS) is 12.2. The molecule has 164 valence electrons. The van der Waals surface area contributed by atoms with Gasteiger partial charge in [0.05, 0.1) is 22.0 Å². The molecule has 9 heteroatoms. The highest BCUT2D eigenvalue weighted by Gasteiger charge is 2.31. The molecule has 0 radical (unpaired) electrons. The van der Waals surface area contributed by atoms with Crippen molar-refractivity contribution in [1.82, 2.24) is 4.57 Å². The SMILES string of the molecule is C#Cc1c(-c2ccc(NS(=O)(=O)C(C)C)cc2)n(CC)c2cc(OC(F)(F)F)ccc12. The molecular weight excluding hydrogens is 429 g/mol. The maximum absolute atomic E-state index is 12.6. The van der Waals surface area contributed by atoms with E-state index in [4.69, 9.17) is 6.42 Å². The summed E-state index contributed by atoms with van der Waals surface area (Å²) in [5.41, 5.74) is 2.81. The number of sulfonamides is 1. The summed E-state index contributed by atoms with van der Waals surface area (Å²) in [5, 5.41) is 0.0365. The molecule has 0 fully saturated rings. The number of fused-ring (bicyclic) bond motifs is 1. The molecule has 3 rings (SSSR count). The van der Waals surface area contributed by atoms with Gasteiger partial charge in [-0.15, -0.1) is 19.6 Å². The molecule has 0 aliphatic rings. The van der Waals surface area contributed by atoms with E-state index in [2.05, 4.69) is 15.4 Å². The molecule has 0 aliphatic carbocycles. The second-order valence-corrected chi connectivity index (χ2v) is 9.35. The van der Waals surface area contributed by atoms with Crippen molar-refractivity contribution in [2.24, 2.45) is 0 Å². The average Bonchev–Trinajstić information content (AvgIpc) is 2.99. The number of halogens is 3. The summed E-state index contributed by atoms with van der Waals surface area (Å²) in [6, 6.07) is 10.7. The molecule has 1 N–H and O–H groups in total. The van der Waals surface area contributed by atoms with Crippen LogP contribution < -0.4 is 9.46 Å². The third kappa shape index (κ3) is 4.64. The highest BCUT2D eigenvalue weighted by Crippen LogP contribution is 2.36. The van der Waals surface area contributed by atoms with E-state index in [9.17, 15) is 21.6 Å². The maximum Gasteiger partial charge on any atom is 0.573 e. The summed E-state index contributed by atoms with van der Waals surface area (Å²) in [6.45, 7) is 5.45. The Bertz CT molecular complexity index is 1250. The fraction of sp³-hybridized carbons (Fsp3) is 0.273. The predicted octanol–water partition coefficient (Wildman–Crippen LogP) is 5.36. The smallest absolute Gasteiger partial charge is 0.406 e. The van der Waals surface area contributed by atoms with Gasteiger partial charge in [0.25, 0.3) is 0 Å². The third-order valence-corrected chi connectivity index (χ3v) is 6.53. The molecule has 3 aromatic rings. The number of alkyl halides is 3. The van der Waals surface area contributed by atoms with Crippen LogP contribution in [-0.2, 0) is 16.6 Å². The highest BCUT2D eigenvalue weighted by molar-refractivity contribution is 7.93. The van der Waals surface area contributed by atoms with E-state index >= 15 is 0 Å². The van der Waals surface area contributed by atoms with Crippen molar-refractivity contribution in [2.45, 2.75) is 38.9 Å². The van der Waals surface area contributed by atoms with Crippen LogP contribution in [0.1, 0.15) is 26.3 Å². The Morgan fingerprint density at radius 1 is 1.16 bits per heavy atom. The average molecular weight is 450 g/mol. The third-order valence-electron chi connectivity index (χ3n) is 4.77. The van der Waals surface area contributed by atoms with Crippen molar-refractivity contribution in [3.63, 3.8) is 0 Å². The van der Waals surface area contributed by atoms with Gasteiger partial charge in [-0.25, -0.2) is 8.42 Å². The van der Waals surface area contributed by atoms with Crippen LogP contribution in [0.5, 0.6) is 5.75 Å². The van der Waals surface area contributed by atoms with Gasteiger partial charge in [-0.05, 0) is 50.6 Å². The Kier molecular flexibility index (Phi) is 5.96. The summed E-state index contributed by atoms with van der Waals surface area (Å²) < 4.78 is 70.4. The number of terminal acetylenes is 1. The van der Waals surface area contributed by atoms with Crippen molar-refractivity contribution in [1.29, 1.82) is 0 Å². The number of nitrogens with zero attached hydrogens (tertiary/aromatic N) is 1. The number of rotatable bonds is 6. The molecule has 0 bridgehead atoms. The minimum absolute atomic E-state index is 0.333. The zero-order chi connectivity index (χ0) is 23.0. The van der Waals surface area contributed by atoms with Gasteiger partial charge in [-0.2, -0.15) is 0 Å². The number of ether oxygens (including phenoxy) is 1. The lowest BCUT2D eigenvalue weighted by Gasteiger charge is -2.13. The Labute approximate surface area is 178 Å². The fourth-order valence-electron chi connectivity index (χ4n) is 3.28. The van der Waals surface area contributed by atoms with E-state index in [1.807, 2.05) is 6.92 Å². The molecule has 2 aromatic carbocycles. The molecule has 0 spiro atoms. The van der Waals surface area contributed by atoms with Gasteiger partial charge in [0, 0.05) is 23.7 Å². The van der Waals surface area contributed by atoms with Gasteiger partial charge >= 0.3 is 6.36 Å². The van der Waals surface area contributed by atoms with Gasteiger partial charge in [-0.3, -0.25) is 4.72 Å². The fourth-order valence-corrected chi connectivity index (χ4v) is 3.98. The Balaban J connectivity index is 2.10. The van der Waals surface area contributed by atoms with Crippen LogP contribution >= 0.6 is 0 Å². The Morgan fingerprint density at radius 2 is 1.81 bits per heavy atom. The van der Waals surface area contributed by atoms with Crippen molar-refractivity contribution in [2.75, 3.05) is 4.72 Å². The zero-order valence-corrected chi connectivity index (χ0v) is 17.9. The van der Waals surface area contributed by atoms with Gasteiger partial charge < -0.3 is 9.30 Å². The van der Waals surface area contributed by atoms with E-state index in [1.165, 1.54) is 18.2 Å². The van der Waals surface area contributed by atoms with Gasteiger partial charge in [0.15, 0.2) is 0 Å². The summed E-state index contributed by atoms with van der Waals surface area (Å²) in [6.07, 6.45) is 0.945. The molecule has 1 aromatic heterocycles. The number of anilines is 1. The van der Waals surface area contributed by atoms with Crippen LogP contribution in [0.4, 0.5) is 18.9 Å². The molecule has 0 saturated heterocycles. The number of hydrogen-bond acceptors (Lipinski definition) is 3. The second-order valence-electron chi connectivity index (χ2n) is 7.11. The van der Waals surface area contributed by atoms with Crippen molar-refractivity contribution >= 4 is 26.6 Å². The topological polar surface area (TPSA) is 60.3 Å². The largest absolute Gasteiger partial charge is 0.573 e. The van der Waals surface area contributed by atoms with Crippen LogP contribution in [0.15, 0.2) is 42.5 Å². The first-order valence-electron chi connectivity index (χ1n) is 9.47. The first kappa shape index (κ1) is 22.6. The van der Waals surface area contributed by atoms with Crippen molar-refractivity contribution < 1.29 is 26.3 Å². The van der Waals surface area contributed by atoms with Crippen LogP contribution in [0, 0.1) is 12.3 Å². The van der Waals surface area contributed by atoms with E-state index in [-0.39, 0.29) is 5.75 Å². The molecule has 1 heterocycles. The Hall–Kier alpha value is -3.12. The zero-order valence-electron chi connectivity index (χ0n) is 17.1. The molecule has 0 unspecified atom stereocenters. The molecule has 0 amide bonds. The maximum atomic E-state index is 12.6. The van der Waals surface area contributed by atoms with E-state index in [0.29, 0.717) is 40.0 Å². The monoisotopic (exact) mass is 450 g/mol. The summed E-state index contributed by atoms with van der Waals surface area (Å²) >= 11 is 0. The number of aromatic nitrogens is 1. The summed E-state index contributed by atoms with van der Waals surface area (Å²) in [7, 11) is -3.49. The van der Waals surface area contributed by atoms with Gasteiger partial charge in [0.2, 0.25) is 10.0 Å². The predicted molar refractivity (Wildman–Crippen MR) is 115 cm³/mol. The van der Waals surface area contributed by atoms with Crippen molar-refractivity contribution in [3.05, 3.63) is 48.0 Å². The molecule has 0 atom stereocenters. The highest BCUT2D eigenvalue weighted by atomic mass is 32.2. The Morgan fingerprint density at radius 3 is 2.32 bits per heavy atom. The molecule has 0 aliphatic heterocycles. The number of aryl methyl sites for hydroxylation is 1. The lowest BCUT2D eigenvalue weighted by molar-refractivity contribution is -0.274. The number of benzene rings is 2. The van der Waals surface area contributed by atoms with Crippen LogP contribution in [0.2, 0.25) is 0 Å². The van der Waals surface area contributed by atoms with E-state index in [0.717, 1.165) is 0 Å². The van der Waals surface area contributed by atoms with Crippen LogP contribution in [0.3, 0.4) is 0 Å². The molecule has 31 heavy (non-hydrogen) atoms. The van der Waals surface area contributed by atoms with Crippen molar-refractivity contribution in [3.8, 4) is 29.4 Å². The summed E-state index contributed by atoms with van der Waals surface area (Å²) in [5.74, 6) is 2.30. The number of nitrogens with one attached hydrogen (secondary N) is 1. The first-order chi connectivity index (χ1) is 14.5. The minimum atomic E-state index is -4.80. The molecule has 0 saturated carbocycles. The summed E-state index contributed by atoms with van der Waals surface area (Å²) in [4.78, 5) is 0. The second kappa shape index (κ2) is 8.19. The first-order valence-corrected chi connectivity index (χ1v) is 11.0. The van der Waals surface area contributed by atoms with E-state index < -0.39 is 21.6 Å². The van der Waals surface area contributed by atoms with Gasteiger partial charge in [0.1, 0.15) is 5.75 Å². The molecule has 5 nitrogen and oxygen atoms in total. The molecular formula is C22H21F3N2O3S. The van der Waals surface area contributed by atoms with Crippen LogP contribution in [0.25, 0.3) is 22.2 Å². The van der Waals surface area contributed by atoms with E-state index in [1.54, 1.807) is 42.7 Å². The number of hydrogen-bond donors (Lipinski definition) is 1. The lowest BCUT2D eigenvalue weighted by Crippen LogP contribution is -2.22.